The summed E-state index contributed by atoms with van der Waals surface area (Å²) in [7, 11) is 0. The van der Waals surface area contributed by atoms with E-state index in [-0.39, 0.29) is 31.1 Å². The number of hydrogen-bond donors (Lipinski definition) is 0. The molecule has 398 valence electrons. The molecule has 0 aliphatic rings. The first-order valence-electron chi connectivity index (χ1n) is 30.0. The van der Waals surface area contributed by atoms with Crippen molar-refractivity contribution < 1.29 is 28.6 Å². The summed E-state index contributed by atoms with van der Waals surface area (Å²) < 4.78 is 16.9. The second kappa shape index (κ2) is 57.2. The van der Waals surface area contributed by atoms with E-state index < -0.39 is 6.10 Å². The molecule has 0 aliphatic carbocycles. The molecule has 0 radical (unpaired) electrons. The van der Waals surface area contributed by atoms with Gasteiger partial charge < -0.3 is 14.2 Å². The van der Waals surface area contributed by atoms with E-state index in [1.807, 2.05) is 0 Å². The third-order valence-electron chi connectivity index (χ3n) is 13.4. The first-order chi connectivity index (χ1) is 33.5. The zero-order valence-corrected chi connectivity index (χ0v) is 45.6. The number of ether oxygens (including phenoxy) is 3. The highest BCUT2D eigenvalue weighted by atomic mass is 16.6. The van der Waals surface area contributed by atoms with Crippen molar-refractivity contribution in [1.29, 1.82) is 0 Å². The number of esters is 3. The first kappa shape index (κ1) is 65.6. The molecule has 0 amide bonds. The lowest BCUT2D eigenvalue weighted by Gasteiger charge is -2.18. The van der Waals surface area contributed by atoms with Gasteiger partial charge >= 0.3 is 17.9 Å². The number of hydrogen-bond acceptors (Lipinski definition) is 6. The summed E-state index contributed by atoms with van der Waals surface area (Å²) in [5, 5.41) is 0. The molecule has 0 N–H and O–H groups in total. The first-order valence-corrected chi connectivity index (χ1v) is 30.0. The Morgan fingerprint density at radius 1 is 0.294 bits per heavy atom. The molecule has 0 aromatic carbocycles. The van der Waals surface area contributed by atoms with Gasteiger partial charge in [0.15, 0.2) is 6.10 Å². The zero-order chi connectivity index (χ0) is 49.3. The Hall–Kier alpha value is -2.37. The molecule has 1 unspecified atom stereocenters. The smallest absolute Gasteiger partial charge is 0.306 e. The minimum Gasteiger partial charge on any atom is -0.462 e. The van der Waals surface area contributed by atoms with Crippen molar-refractivity contribution in [3.63, 3.8) is 0 Å². The summed E-state index contributed by atoms with van der Waals surface area (Å²) in [6, 6.07) is 0. The Morgan fingerprint density at radius 3 is 0.868 bits per heavy atom. The predicted molar refractivity (Wildman–Crippen MR) is 293 cm³/mol. The summed E-state index contributed by atoms with van der Waals surface area (Å²) in [5.74, 6) is -0.871. The average molecular weight is 956 g/mol. The van der Waals surface area contributed by atoms with Crippen LogP contribution in [0.25, 0.3) is 0 Å². The van der Waals surface area contributed by atoms with Crippen LogP contribution in [-0.2, 0) is 28.6 Å². The Balaban J connectivity index is 4.31. The molecule has 6 heteroatoms. The molecule has 0 aromatic rings. The van der Waals surface area contributed by atoms with E-state index >= 15 is 0 Å². The van der Waals surface area contributed by atoms with Gasteiger partial charge in [-0.15, -0.1) is 0 Å². The second-order valence-electron chi connectivity index (χ2n) is 20.3. The van der Waals surface area contributed by atoms with Crippen LogP contribution in [0.15, 0.2) is 36.5 Å². The quantitative estimate of drug-likeness (QED) is 0.0262. The highest BCUT2D eigenvalue weighted by Crippen LogP contribution is 2.17. The van der Waals surface area contributed by atoms with Crippen molar-refractivity contribution in [2.75, 3.05) is 13.2 Å². The van der Waals surface area contributed by atoms with Gasteiger partial charge in [0, 0.05) is 19.3 Å². The van der Waals surface area contributed by atoms with Crippen LogP contribution in [0, 0.1) is 0 Å². The highest BCUT2D eigenvalue weighted by Gasteiger charge is 2.19. The number of rotatable bonds is 55. The van der Waals surface area contributed by atoms with Crippen LogP contribution < -0.4 is 0 Å². The van der Waals surface area contributed by atoms with Gasteiger partial charge in [0.25, 0.3) is 0 Å². The summed E-state index contributed by atoms with van der Waals surface area (Å²) in [6.45, 7) is 6.63. The monoisotopic (exact) mass is 955 g/mol. The predicted octanol–water partition coefficient (Wildman–Crippen LogP) is 20.0. The molecular weight excluding hydrogens is 841 g/mol. The Labute approximate surface area is 423 Å². The molecular formula is C62H114O6. The van der Waals surface area contributed by atoms with Crippen LogP contribution in [0.5, 0.6) is 0 Å². The maximum absolute atomic E-state index is 12.9. The minimum absolute atomic E-state index is 0.0741. The van der Waals surface area contributed by atoms with Crippen LogP contribution >= 0.6 is 0 Å². The average Bonchev–Trinajstić information content (AvgIpc) is 3.34. The SMILES string of the molecule is CCCC/C=C\C/C=C\CCCCCCCC(=O)OCC(COC(=O)CCCCCCCCCCC/C=C\CCCCCCCCCC)OC(=O)CCCCCCCCCCCCCCCCC. The van der Waals surface area contributed by atoms with E-state index in [1.54, 1.807) is 0 Å². The molecule has 0 heterocycles. The van der Waals surface area contributed by atoms with Crippen molar-refractivity contribution in [3.8, 4) is 0 Å². The Bertz CT molecular complexity index is 1140. The lowest BCUT2D eigenvalue weighted by Crippen LogP contribution is -2.30. The van der Waals surface area contributed by atoms with E-state index in [0.717, 1.165) is 77.0 Å². The summed E-state index contributed by atoms with van der Waals surface area (Å²) >= 11 is 0. The topological polar surface area (TPSA) is 78.9 Å². The van der Waals surface area contributed by atoms with Crippen molar-refractivity contribution >= 4 is 17.9 Å². The Morgan fingerprint density at radius 2 is 0.544 bits per heavy atom. The number of allylic oxidation sites excluding steroid dienone is 6. The maximum atomic E-state index is 12.9. The number of carbonyl (C=O) groups is 3. The highest BCUT2D eigenvalue weighted by molar-refractivity contribution is 5.71. The summed E-state index contributed by atoms with van der Waals surface area (Å²) in [5.41, 5.74) is 0. The van der Waals surface area contributed by atoms with E-state index in [4.69, 9.17) is 14.2 Å². The van der Waals surface area contributed by atoms with Gasteiger partial charge in [-0.3, -0.25) is 14.4 Å². The van der Waals surface area contributed by atoms with Gasteiger partial charge in [-0.25, -0.2) is 0 Å². The lowest BCUT2D eigenvalue weighted by atomic mass is 10.0. The number of unbranched alkanes of at least 4 members (excludes halogenated alkanes) is 38. The molecule has 0 aliphatic heterocycles. The van der Waals surface area contributed by atoms with Crippen LogP contribution in [0.4, 0.5) is 0 Å². The molecule has 68 heavy (non-hydrogen) atoms. The zero-order valence-electron chi connectivity index (χ0n) is 45.6. The maximum Gasteiger partial charge on any atom is 0.306 e. The van der Waals surface area contributed by atoms with Gasteiger partial charge in [0.2, 0.25) is 0 Å². The van der Waals surface area contributed by atoms with Crippen molar-refractivity contribution in [3.05, 3.63) is 36.5 Å². The van der Waals surface area contributed by atoms with Crippen LogP contribution in [0.3, 0.4) is 0 Å². The molecule has 0 saturated carbocycles. The van der Waals surface area contributed by atoms with E-state index in [0.29, 0.717) is 19.3 Å². The normalized spacial score (nSPS) is 12.2. The number of carbonyl (C=O) groups excluding carboxylic acids is 3. The molecule has 0 bridgehead atoms. The molecule has 0 spiro atoms. The van der Waals surface area contributed by atoms with Crippen LogP contribution in [0.2, 0.25) is 0 Å². The van der Waals surface area contributed by atoms with Gasteiger partial charge in [-0.05, 0) is 70.6 Å². The van der Waals surface area contributed by atoms with Crippen LogP contribution in [0.1, 0.15) is 323 Å². The van der Waals surface area contributed by atoms with E-state index in [1.165, 1.54) is 205 Å². The van der Waals surface area contributed by atoms with Gasteiger partial charge in [-0.2, -0.15) is 0 Å². The third-order valence-corrected chi connectivity index (χ3v) is 13.4. The molecule has 0 aromatic heterocycles. The lowest BCUT2D eigenvalue weighted by molar-refractivity contribution is -0.167. The van der Waals surface area contributed by atoms with Gasteiger partial charge in [-0.1, -0.05) is 269 Å². The fourth-order valence-corrected chi connectivity index (χ4v) is 8.81. The minimum atomic E-state index is -0.776. The fraction of sp³-hybridized carbons (Fsp3) is 0.855. The molecule has 0 saturated heterocycles. The van der Waals surface area contributed by atoms with E-state index in [2.05, 4.69) is 57.2 Å². The van der Waals surface area contributed by atoms with E-state index in [9.17, 15) is 14.4 Å². The molecule has 0 rings (SSSR count). The van der Waals surface area contributed by atoms with Crippen molar-refractivity contribution in [2.24, 2.45) is 0 Å². The standard InChI is InChI=1S/C62H114O6/c1-4-7-10-13-16-19-22-25-28-29-30-31-32-33-35-37-40-43-46-49-52-55-61(64)67-58-59(57-66-60(63)54-51-48-45-42-39-36-27-24-21-18-15-12-9-6-3)68-62(65)56-53-50-47-44-41-38-34-26-23-20-17-14-11-8-5-2/h15,18,24,27,29-30,59H,4-14,16-17,19-23,25-26,28,31-58H2,1-3H3/b18-15-,27-24-,30-29-. The fourth-order valence-electron chi connectivity index (χ4n) is 8.81. The largest absolute Gasteiger partial charge is 0.462 e. The summed E-state index contributed by atoms with van der Waals surface area (Å²) in [4.78, 5) is 38.2. The van der Waals surface area contributed by atoms with Crippen molar-refractivity contribution in [1.82, 2.24) is 0 Å². The van der Waals surface area contributed by atoms with Gasteiger partial charge in [0.1, 0.15) is 13.2 Å². The second-order valence-corrected chi connectivity index (χ2v) is 20.3. The van der Waals surface area contributed by atoms with Gasteiger partial charge in [0.05, 0.1) is 0 Å². The van der Waals surface area contributed by atoms with Crippen molar-refractivity contribution in [2.45, 2.75) is 329 Å². The molecule has 0 fully saturated rings. The molecule has 1 atom stereocenters. The molecule has 6 nitrogen and oxygen atoms in total. The summed E-state index contributed by atoms with van der Waals surface area (Å²) in [6.07, 6.45) is 68.5. The third kappa shape index (κ3) is 54.6. The van der Waals surface area contributed by atoms with Crippen LogP contribution in [-0.4, -0.2) is 37.2 Å². The Kier molecular flexibility index (Phi) is 55.2.